The predicted octanol–water partition coefficient (Wildman–Crippen LogP) is 10.00. The zero-order valence-corrected chi connectivity index (χ0v) is 22.8. The van der Waals surface area contributed by atoms with Crippen molar-refractivity contribution in [3.63, 3.8) is 0 Å². The Balaban J connectivity index is 1.16. The minimum absolute atomic E-state index is 0.946. The molecule has 0 radical (unpaired) electrons. The van der Waals surface area contributed by atoms with Gasteiger partial charge in [0.25, 0.3) is 0 Å². The number of fused-ring (bicyclic) bond motifs is 3. The lowest BCUT2D eigenvalue weighted by molar-refractivity contribution is 1.34. The summed E-state index contributed by atoms with van der Waals surface area (Å²) in [6.45, 7) is 0. The molecular formula is C39H25N3. The molecule has 3 nitrogen and oxygen atoms in total. The monoisotopic (exact) mass is 535 g/mol. The van der Waals surface area contributed by atoms with Gasteiger partial charge in [-0.3, -0.25) is 0 Å². The van der Waals surface area contributed by atoms with Crippen molar-refractivity contribution in [2.75, 3.05) is 0 Å². The molecule has 0 amide bonds. The molecular weight excluding hydrogens is 510 g/mol. The first-order chi connectivity index (χ1) is 20.8. The fourth-order valence-electron chi connectivity index (χ4n) is 5.63. The standard InChI is InChI=1S/C39H25N3/c1-4-10-33-32(9-1)25-38(30-15-13-28(14-16-30)36-23-21-26-7-2-5-11-34(26)40-36)42-39(33)31-19-17-29(18-20-31)37-24-22-27-8-3-6-12-35(27)41-37/h1-25H. The van der Waals surface area contributed by atoms with E-state index >= 15 is 0 Å². The zero-order valence-electron chi connectivity index (χ0n) is 22.8. The number of hydrogen-bond donors (Lipinski definition) is 0. The van der Waals surface area contributed by atoms with Gasteiger partial charge in [-0.2, -0.15) is 0 Å². The summed E-state index contributed by atoms with van der Waals surface area (Å²) in [5.41, 5.74) is 10.2. The van der Waals surface area contributed by atoms with Gasteiger partial charge in [0.15, 0.2) is 0 Å². The Hall–Kier alpha value is -5.67. The van der Waals surface area contributed by atoms with Crippen molar-refractivity contribution in [1.29, 1.82) is 0 Å². The van der Waals surface area contributed by atoms with Crippen molar-refractivity contribution < 1.29 is 0 Å². The molecule has 0 atom stereocenters. The maximum absolute atomic E-state index is 5.20. The van der Waals surface area contributed by atoms with Crippen LogP contribution in [0.25, 0.3) is 77.6 Å². The van der Waals surface area contributed by atoms with Crippen molar-refractivity contribution >= 4 is 32.6 Å². The highest BCUT2D eigenvalue weighted by atomic mass is 14.7. The lowest BCUT2D eigenvalue weighted by Gasteiger charge is -2.12. The Morgan fingerprint density at radius 1 is 0.310 bits per heavy atom. The first kappa shape index (κ1) is 24.2. The van der Waals surface area contributed by atoms with Gasteiger partial charge in [-0.1, -0.05) is 121 Å². The summed E-state index contributed by atoms with van der Waals surface area (Å²) < 4.78 is 0. The molecule has 0 aliphatic carbocycles. The van der Waals surface area contributed by atoms with Gasteiger partial charge in [0, 0.05) is 38.4 Å². The largest absolute Gasteiger partial charge is 0.248 e. The van der Waals surface area contributed by atoms with Gasteiger partial charge in [-0.05, 0) is 35.7 Å². The van der Waals surface area contributed by atoms with Gasteiger partial charge >= 0.3 is 0 Å². The van der Waals surface area contributed by atoms with Crippen molar-refractivity contribution in [2.45, 2.75) is 0 Å². The number of aromatic nitrogens is 3. The topological polar surface area (TPSA) is 38.7 Å². The summed E-state index contributed by atoms with van der Waals surface area (Å²) in [6, 6.07) is 52.6. The van der Waals surface area contributed by atoms with Crippen LogP contribution in [0.15, 0.2) is 152 Å². The van der Waals surface area contributed by atoms with Crippen LogP contribution in [0.1, 0.15) is 0 Å². The van der Waals surface area contributed by atoms with E-state index in [9.17, 15) is 0 Å². The number of hydrogen-bond acceptors (Lipinski definition) is 3. The van der Waals surface area contributed by atoms with E-state index in [1.807, 2.05) is 24.3 Å². The third-order valence-electron chi connectivity index (χ3n) is 7.87. The fraction of sp³-hybridized carbons (Fsp3) is 0. The lowest BCUT2D eigenvalue weighted by Crippen LogP contribution is -1.92. The summed E-state index contributed by atoms with van der Waals surface area (Å²) in [5.74, 6) is 0. The van der Waals surface area contributed by atoms with E-state index in [4.69, 9.17) is 15.0 Å². The average molecular weight is 536 g/mol. The van der Waals surface area contributed by atoms with Gasteiger partial charge < -0.3 is 0 Å². The Bertz CT molecular complexity index is 2230. The highest BCUT2D eigenvalue weighted by Crippen LogP contribution is 2.33. The smallest absolute Gasteiger partial charge is 0.0787 e. The summed E-state index contributed by atoms with van der Waals surface area (Å²) in [7, 11) is 0. The van der Waals surface area contributed by atoms with Crippen LogP contribution in [0.4, 0.5) is 0 Å². The minimum atomic E-state index is 0.946. The Morgan fingerprint density at radius 3 is 1.33 bits per heavy atom. The maximum Gasteiger partial charge on any atom is 0.0787 e. The Morgan fingerprint density at radius 2 is 0.762 bits per heavy atom. The molecule has 196 valence electrons. The first-order valence-corrected chi connectivity index (χ1v) is 14.1. The second-order valence-corrected chi connectivity index (χ2v) is 10.5. The molecule has 3 heterocycles. The fourth-order valence-corrected chi connectivity index (χ4v) is 5.63. The average Bonchev–Trinajstić information content (AvgIpc) is 3.07. The highest BCUT2D eigenvalue weighted by Gasteiger charge is 2.12. The van der Waals surface area contributed by atoms with Crippen molar-refractivity contribution in [2.24, 2.45) is 0 Å². The van der Waals surface area contributed by atoms with E-state index in [1.54, 1.807) is 0 Å². The van der Waals surface area contributed by atoms with Gasteiger partial charge in [0.1, 0.15) is 0 Å². The summed E-state index contributed by atoms with van der Waals surface area (Å²) in [4.78, 5) is 14.9. The molecule has 5 aromatic carbocycles. The number of nitrogens with zero attached hydrogens (tertiary/aromatic N) is 3. The molecule has 0 bridgehead atoms. The van der Waals surface area contributed by atoms with Crippen LogP contribution in [0, 0.1) is 0 Å². The minimum Gasteiger partial charge on any atom is -0.248 e. The van der Waals surface area contributed by atoms with E-state index in [2.05, 4.69) is 127 Å². The van der Waals surface area contributed by atoms with E-state index in [-0.39, 0.29) is 0 Å². The molecule has 0 spiro atoms. The molecule has 0 aliphatic rings. The van der Waals surface area contributed by atoms with Gasteiger partial charge in [-0.15, -0.1) is 0 Å². The maximum atomic E-state index is 5.20. The van der Waals surface area contributed by atoms with Crippen LogP contribution >= 0.6 is 0 Å². The molecule has 0 fully saturated rings. The van der Waals surface area contributed by atoms with E-state index in [0.29, 0.717) is 0 Å². The summed E-state index contributed by atoms with van der Waals surface area (Å²) in [5, 5.41) is 4.59. The lowest BCUT2D eigenvalue weighted by atomic mass is 9.99. The van der Waals surface area contributed by atoms with Crippen LogP contribution in [0.3, 0.4) is 0 Å². The van der Waals surface area contributed by atoms with Crippen LogP contribution in [0.5, 0.6) is 0 Å². The molecule has 0 saturated heterocycles. The molecule has 42 heavy (non-hydrogen) atoms. The van der Waals surface area contributed by atoms with Crippen LogP contribution in [-0.4, -0.2) is 15.0 Å². The van der Waals surface area contributed by atoms with Crippen LogP contribution in [-0.2, 0) is 0 Å². The van der Waals surface area contributed by atoms with Crippen molar-refractivity contribution in [3.05, 3.63) is 152 Å². The highest BCUT2D eigenvalue weighted by molar-refractivity contribution is 5.97. The van der Waals surface area contributed by atoms with Gasteiger partial charge in [-0.25, -0.2) is 15.0 Å². The van der Waals surface area contributed by atoms with E-state index in [0.717, 1.165) is 77.6 Å². The zero-order chi connectivity index (χ0) is 27.9. The Labute approximate surface area is 243 Å². The second-order valence-electron chi connectivity index (χ2n) is 10.5. The SMILES string of the molecule is c1ccc2nc(-c3ccc(-c4cc5ccccc5c(-c5ccc(-c6ccc7ccccc7n6)cc5)n4)cc3)ccc2c1. The quantitative estimate of drug-likeness (QED) is 0.225. The number of pyridine rings is 3. The molecule has 0 saturated carbocycles. The third-order valence-corrected chi connectivity index (χ3v) is 7.87. The molecule has 0 unspecified atom stereocenters. The molecule has 8 rings (SSSR count). The van der Waals surface area contributed by atoms with Gasteiger partial charge in [0.2, 0.25) is 0 Å². The first-order valence-electron chi connectivity index (χ1n) is 14.1. The second kappa shape index (κ2) is 10.1. The van der Waals surface area contributed by atoms with Crippen molar-refractivity contribution in [3.8, 4) is 45.0 Å². The Kier molecular flexibility index (Phi) is 5.79. The predicted molar refractivity (Wildman–Crippen MR) is 174 cm³/mol. The van der Waals surface area contributed by atoms with Crippen molar-refractivity contribution in [1.82, 2.24) is 15.0 Å². The number of rotatable bonds is 4. The molecule has 0 N–H and O–H groups in total. The summed E-state index contributed by atoms with van der Waals surface area (Å²) >= 11 is 0. The summed E-state index contributed by atoms with van der Waals surface area (Å²) in [6.07, 6.45) is 0. The molecule has 8 aromatic rings. The molecule has 3 heteroatoms. The molecule has 0 aliphatic heterocycles. The third kappa shape index (κ3) is 4.38. The normalized spacial score (nSPS) is 11.3. The van der Waals surface area contributed by atoms with Gasteiger partial charge in [0.05, 0.1) is 33.8 Å². The number of benzene rings is 5. The van der Waals surface area contributed by atoms with Crippen LogP contribution in [0.2, 0.25) is 0 Å². The number of para-hydroxylation sites is 2. The molecule has 3 aromatic heterocycles. The van der Waals surface area contributed by atoms with E-state index in [1.165, 1.54) is 0 Å². The van der Waals surface area contributed by atoms with Crippen LogP contribution < -0.4 is 0 Å². The van der Waals surface area contributed by atoms with E-state index < -0.39 is 0 Å².